The summed E-state index contributed by atoms with van der Waals surface area (Å²) in [5.74, 6) is 0. The molecule has 0 bridgehead atoms. The summed E-state index contributed by atoms with van der Waals surface area (Å²) in [5, 5.41) is 3.44. The average Bonchev–Trinajstić information content (AvgIpc) is 2.19. The van der Waals surface area contributed by atoms with E-state index in [4.69, 9.17) is 9.47 Å². The van der Waals surface area contributed by atoms with E-state index in [-0.39, 0.29) is 0 Å². The first kappa shape index (κ1) is 11.0. The Morgan fingerprint density at radius 1 is 1.23 bits per heavy atom. The summed E-state index contributed by atoms with van der Waals surface area (Å²) in [6.45, 7) is 6.23. The second-order valence-electron chi connectivity index (χ2n) is 3.42. The molecule has 1 aliphatic heterocycles. The van der Waals surface area contributed by atoms with E-state index in [0.717, 1.165) is 33.0 Å². The van der Waals surface area contributed by atoms with Crippen LogP contribution in [0.3, 0.4) is 0 Å². The van der Waals surface area contributed by atoms with Crippen LogP contribution in [0.1, 0.15) is 26.2 Å². The summed E-state index contributed by atoms with van der Waals surface area (Å²) in [4.78, 5) is 0. The molecule has 1 aliphatic rings. The summed E-state index contributed by atoms with van der Waals surface area (Å²) < 4.78 is 10.7. The Labute approximate surface area is 80.8 Å². The van der Waals surface area contributed by atoms with Crippen molar-refractivity contribution in [2.45, 2.75) is 32.2 Å². The van der Waals surface area contributed by atoms with Crippen molar-refractivity contribution in [1.82, 2.24) is 5.32 Å². The zero-order chi connectivity index (χ0) is 9.36. The number of hydrogen-bond donors (Lipinski definition) is 1. The minimum atomic E-state index is 0.579. The van der Waals surface area contributed by atoms with Crippen molar-refractivity contribution in [3.63, 3.8) is 0 Å². The van der Waals surface area contributed by atoms with Crippen molar-refractivity contribution >= 4 is 0 Å². The SMILES string of the molecule is CCOCCOCC1CCCCN1. The zero-order valence-electron chi connectivity index (χ0n) is 8.55. The van der Waals surface area contributed by atoms with Crippen molar-refractivity contribution in [3.05, 3.63) is 0 Å². The predicted molar refractivity (Wildman–Crippen MR) is 53.0 cm³/mol. The molecule has 0 amide bonds. The van der Waals surface area contributed by atoms with E-state index in [1.807, 2.05) is 6.92 Å². The van der Waals surface area contributed by atoms with E-state index >= 15 is 0 Å². The molecule has 1 fully saturated rings. The summed E-state index contributed by atoms with van der Waals surface area (Å²) in [6.07, 6.45) is 3.91. The lowest BCUT2D eigenvalue weighted by atomic mass is 10.1. The van der Waals surface area contributed by atoms with Gasteiger partial charge in [-0.3, -0.25) is 0 Å². The molecule has 3 heteroatoms. The Bertz CT molecular complexity index is 113. The summed E-state index contributed by atoms with van der Waals surface area (Å²) in [5.41, 5.74) is 0. The molecule has 78 valence electrons. The van der Waals surface area contributed by atoms with Gasteiger partial charge in [-0.15, -0.1) is 0 Å². The Kier molecular flexibility index (Phi) is 6.15. The van der Waals surface area contributed by atoms with Crippen molar-refractivity contribution in [3.8, 4) is 0 Å². The molecule has 1 atom stereocenters. The fourth-order valence-electron chi connectivity index (χ4n) is 1.55. The standard InChI is InChI=1S/C10H21NO2/c1-2-12-7-8-13-9-10-5-3-4-6-11-10/h10-11H,2-9H2,1H3. The lowest BCUT2D eigenvalue weighted by Gasteiger charge is -2.23. The Morgan fingerprint density at radius 2 is 2.08 bits per heavy atom. The quantitative estimate of drug-likeness (QED) is 0.633. The van der Waals surface area contributed by atoms with Crippen LogP contribution in [0.2, 0.25) is 0 Å². The number of ether oxygens (including phenoxy) is 2. The van der Waals surface area contributed by atoms with Gasteiger partial charge in [-0.1, -0.05) is 6.42 Å². The highest BCUT2D eigenvalue weighted by atomic mass is 16.5. The molecule has 0 radical (unpaired) electrons. The fraction of sp³-hybridized carbons (Fsp3) is 1.00. The molecule has 0 saturated carbocycles. The van der Waals surface area contributed by atoms with Crippen molar-refractivity contribution in [2.24, 2.45) is 0 Å². The van der Waals surface area contributed by atoms with Crippen LogP contribution >= 0.6 is 0 Å². The largest absolute Gasteiger partial charge is 0.379 e. The van der Waals surface area contributed by atoms with Crippen LogP contribution < -0.4 is 5.32 Å². The summed E-state index contributed by atoms with van der Waals surface area (Å²) in [6, 6.07) is 0.579. The summed E-state index contributed by atoms with van der Waals surface area (Å²) in [7, 11) is 0. The monoisotopic (exact) mass is 187 g/mol. The van der Waals surface area contributed by atoms with E-state index in [0.29, 0.717) is 6.04 Å². The van der Waals surface area contributed by atoms with Gasteiger partial charge in [0.15, 0.2) is 0 Å². The third kappa shape index (κ3) is 5.24. The minimum absolute atomic E-state index is 0.579. The number of nitrogens with one attached hydrogen (secondary N) is 1. The summed E-state index contributed by atoms with van der Waals surface area (Å²) >= 11 is 0. The van der Waals surface area contributed by atoms with Crippen LogP contribution in [0.25, 0.3) is 0 Å². The number of piperidine rings is 1. The smallest absolute Gasteiger partial charge is 0.0701 e. The van der Waals surface area contributed by atoms with Gasteiger partial charge in [-0.2, -0.15) is 0 Å². The molecule has 0 aliphatic carbocycles. The van der Waals surface area contributed by atoms with Crippen LogP contribution in [0.4, 0.5) is 0 Å². The molecule has 0 aromatic rings. The van der Waals surface area contributed by atoms with E-state index in [1.54, 1.807) is 0 Å². The third-order valence-electron chi connectivity index (χ3n) is 2.31. The Hall–Kier alpha value is -0.120. The van der Waals surface area contributed by atoms with E-state index in [2.05, 4.69) is 5.32 Å². The zero-order valence-corrected chi connectivity index (χ0v) is 8.55. The molecule has 1 heterocycles. The maximum absolute atomic E-state index is 5.49. The molecular weight excluding hydrogens is 166 g/mol. The minimum Gasteiger partial charge on any atom is -0.379 e. The molecule has 3 nitrogen and oxygen atoms in total. The van der Waals surface area contributed by atoms with Crippen molar-refractivity contribution < 1.29 is 9.47 Å². The van der Waals surface area contributed by atoms with Crippen LogP contribution in [-0.4, -0.2) is 39.0 Å². The van der Waals surface area contributed by atoms with Gasteiger partial charge in [0.1, 0.15) is 0 Å². The average molecular weight is 187 g/mol. The van der Waals surface area contributed by atoms with Gasteiger partial charge >= 0.3 is 0 Å². The number of hydrogen-bond acceptors (Lipinski definition) is 3. The third-order valence-corrected chi connectivity index (χ3v) is 2.31. The van der Waals surface area contributed by atoms with Gasteiger partial charge in [0.05, 0.1) is 19.8 Å². The first-order valence-corrected chi connectivity index (χ1v) is 5.32. The topological polar surface area (TPSA) is 30.5 Å². The molecule has 1 rings (SSSR count). The second-order valence-corrected chi connectivity index (χ2v) is 3.42. The molecule has 1 N–H and O–H groups in total. The van der Waals surface area contributed by atoms with E-state index in [1.165, 1.54) is 19.3 Å². The van der Waals surface area contributed by atoms with Crippen molar-refractivity contribution in [1.29, 1.82) is 0 Å². The molecule has 0 spiro atoms. The normalized spacial score (nSPS) is 23.3. The van der Waals surface area contributed by atoms with Gasteiger partial charge in [0.25, 0.3) is 0 Å². The van der Waals surface area contributed by atoms with Crippen LogP contribution in [0, 0.1) is 0 Å². The van der Waals surface area contributed by atoms with Crippen LogP contribution in [0.15, 0.2) is 0 Å². The first-order valence-electron chi connectivity index (χ1n) is 5.32. The second kappa shape index (κ2) is 7.30. The highest BCUT2D eigenvalue weighted by Gasteiger charge is 2.11. The van der Waals surface area contributed by atoms with Gasteiger partial charge in [0, 0.05) is 12.6 Å². The predicted octanol–water partition coefficient (Wildman–Crippen LogP) is 1.18. The molecule has 1 saturated heterocycles. The molecule has 13 heavy (non-hydrogen) atoms. The fourth-order valence-corrected chi connectivity index (χ4v) is 1.55. The molecule has 1 unspecified atom stereocenters. The molecule has 0 aromatic carbocycles. The van der Waals surface area contributed by atoms with Gasteiger partial charge in [0.2, 0.25) is 0 Å². The maximum Gasteiger partial charge on any atom is 0.0701 e. The first-order chi connectivity index (χ1) is 6.43. The number of rotatable bonds is 6. The molecular formula is C10H21NO2. The van der Waals surface area contributed by atoms with E-state index < -0.39 is 0 Å². The highest BCUT2D eigenvalue weighted by Crippen LogP contribution is 2.06. The Balaban J connectivity index is 1.86. The van der Waals surface area contributed by atoms with Crippen LogP contribution in [-0.2, 0) is 9.47 Å². The van der Waals surface area contributed by atoms with E-state index in [9.17, 15) is 0 Å². The van der Waals surface area contributed by atoms with Crippen LogP contribution in [0.5, 0.6) is 0 Å². The Morgan fingerprint density at radius 3 is 2.77 bits per heavy atom. The molecule has 0 aromatic heterocycles. The lowest BCUT2D eigenvalue weighted by Crippen LogP contribution is -2.37. The maximum atomic E-state index is 5.49. The van der Waals surface area contributed by atoms with Crippen molar-refractivity contribution in [2.75, 3.05) is 33.0 Å². The highest BCUT2D eigenvalue weighted by molar-refractivity contribution is 4.71. The van der Waals surface area contributed by atoms with Gasteiger partial charge in [-0.05, 0) is 26.3 Å². The lowest BCUT2D eigenvalue weighted by molar-refractivity contribution is 0.0405. The van der Waals surface area contributed by atoms with Gasteiger partial charge in [-0.25, -0.2) is 0 Å². The van der Waals surface area contributed by atoms with Gasteiger partial charge < -0.3 is 14.8 Å².